The third-order valence-electron chi connectivity index (χ3n) is 4.83. The number of fused-ring (bicyclic) bond motifs is 1. The third-order valence-corrected chi connectivity index (χ3v) is 6.48. The zero-order chi connectivity index (χ0) is 20.6. The highest BCUT2D eigenvalue weighted by Gasteiger charge is 2.25. The van der Waals surface area contributed by atoms with E-state index in [0.717, 1.165) is 49.2 Å². The van der Waals surface area contributed by atoms with Gasteiger partial charge in [0.1, 0.15) is 5.00 Å². The van der Waals surface area contributed by atoms with Gasteiger partial charge in [-0.05, 0) is 56.8 Å². The summed E-state index contributed by atoms with van der Waals surface area (Å²) in [7, 11) is 0. The Kier molecular flexibility index (Phi) is 8.32. The predicted molar refractivity (Wildman–Crippen MR) is 122 cm³/mol. The minimum atomic E-state index is -0.258. The molecule has 6 nitrogen and oxygen atoms in total. The number of aromatic nitrogens is 2. The molecule has 0 saturated carbocycles. The molecule has 158 valence electrons. The van der Waals surface area contributed by atoms with Gasteiger partial charge in [-0.25, -0.2) is 4.79 Å². The van der Waals surface area contributed by atoms with Crippen molar-refractivity contribution >= 4 is 51.2 Å². The number of carbonyl (C=O) groups is 1. The molecule has 0 aromatic carbocycles. The molecule has 0 fully saturated rings. The van der Waals surface area contributed by atoms with Crippen LogP contribution in [0, 0.1) is 0 Å². The standard InChI is InChI=1S/C20H27ClN4O2S2/c1-2-27-19(26)17-15-8-5-3-4-6-9-16(15)29-18(17)24-20(28)22-10-7-11-25-13-14(21)12-23-25/h12-13H,2-11H2,1H3,(H2,22,24,28). The number of nitrogens with one attached hydrogen (secondary N) is 2. The first-order valence-electron chi connectivity index (χ1n) is 10.1. The molecule has 29 heavy (non-hydrogen) atoms. The fraction of sp³-hybridized carbons (Fsp3) is 0.550. The van der Waals surface area contributed by atoms with Gasteiger partial charge in [-0.15, -0.1) is 11.3 Å². The molecular formula is C20H27ClN4O2S2. The number of esters is 1. The zero-order valence-electron chi connectivity index (χ0n) is 16.6. The van der Waals surface area contributed by atoms with E-state index >= 15 is 0 Å². The minimum Gasteiger partial charge on any atom is -0.462 e. The van der Waals surface area contributed by atoms with Crippen molar-refractivity contribution in [2.45, 2.75) is 58.4 Å². The maximum absolute atomic E-state index is 12.7. The minimum absolute atomic E-state index is 0.258. The maximum Gasteiger partial charge on any atom is 0.341 e. The lowest BCUT2D eigenvalue weighted by Crippen LogP contribution is -2.30. The van der Waals surface area contributed by atoms with Gasteiger partial charge in [-0.1, -0.05) is 24.4 Å². The molecule has 0 saturated heterocycles. The molecule has 9 heteroatoms. The molecule has 2 aromatic heterocycles. The van der Waals surface area contributed by atoms with Crippen molar-refractivity contribution in [3.05, 3.63) is 33.4 Å². The largest absolute Gasteiger partial charge is 0.462 e. The monoisotopic (exact) mass is 454 g/mol. The predicted octanol–water partition coefficient (Wildman–Crippen LogP) is 4.81. The normalized spacial score (nSPS) is 13.9. The van der Waals surface area contributed by atoms with E-state index in [-0.39, 0.29) is 5.97 Å². The second-order valence-corrected chi connectivity index (χ2v) is 8.95. The number of thiophene rings is 1. The summed E-state index contributed by atoms with van der Waals surface area (Å²) >= 11 is 13.0. The number of nitrogens with zero attached hydrogens (tertiary/aromatic N) is 2. The molecule has 3 rings (SSSR count). The van der Waals surface area contributed by atoms with E-state index in [0.29, 0.717) is 28.9 Å². The lowest BCUT2D eigenvalue weighted by atomic mass is 9.96. The lowest BCUT2D eigenvalue weighted by molar-refractivity contribution is 0.0526. The second-order valence-electron chi connectivity index (χ2n) is 7.00. The molecule has 2 heterocycles. The van der Waals surface area contributed by atoms with Crippen molar-refractivity contribution in [3.8, 4) is 0 Å². The fourth-order valence-corrected chi connectivity index (χ4v) is 5.18. The van der Waals surface area contributed by atoms with E-state index < -0.39 is 0 Å². The van der Waals surface area contributed by atoms with Crippen LogP contribution in [-0.2, 0) is 24.1 Å². The number of thiocarbonyl (C=S) groups is 1. The summed E-state index contributed by atoms with van der Waals surface area (Å²) in [6, 6.07) is 0. The van der Waals surface area contributed by atoms with Crippen molar-refractivity contribution in [2.24, 2.45) is 0 Å². The number of halogens is 1. The van der Waals surface area contributed by atoms with Crippen LogP contribution in [0.3, 0.4) is 0 Å². The highest BCUT2D eigenvalue weighted by atomic mass is 35.5. The quantitative estimate of drug-likeness (QED) is 0.355. The number of aryl methyl sites for hydroxylation is 2. The molecule has 2 N–H and O–H groups in total. The van der Waals surface area contributed by atoms with Crippen LogP contribution in [0.1, 0.15) is 59.8 Å². The average Bonchev–Trinajstić information content (AvgIpc) is 3.22. The first kappa shape index (κ1) is 22.1. The van der Waals surface area contributed by atoms with Crippen LogP contribution in [0.2, 0.25) is 5.02 Å². The second kappa shape index (κ2) is 10.9. The van der Waals surface area contributed by atoms with Crippen molar-refractivity contribution in [2.75, 3.05) is 18.5 Å². The van der Waals surface area contributed by atoms with Gasteiger partial charge in [0.05, 0.1) is 23.4 Å². The smallest absolute Gasteiger partial charge is 0.341 e. The summed E-state index contributed by atoms with van der Waals surface area (Å²) in [6.07, 6.45) is 10.9. The molecule has 0 unspecified atom stereocenters. The number of carbonyl (C=O) groups excluding carboxylic acids is 1. The van der Waals surface area contributed by atoms with Crippen molar-refractivity contribution in [1.82, 2.24) is 15.1 Å². The highest BCUT2D eigenvalue weighted by Crippen LogP contribution is 2.37. The van der Waals surface area contributed by atoms with E-state index in [2.05, 4.69) is 15.7 Å². The Bertz CT molecular complexity index is 850. The summed E-state index contributed by atoms with van der Waals surface area (Å²) < 4.78 is 7.14. The molecule has 1 aliphatic carbocycles. The van der Waals surface area contributed by atoms with Crippen molar-refractivity contribution < 1.29 is 9.53 Å². The van der Waals surface area contributed by atoms with Crippen molar-refractivity contribution in [1.29, 1.82) is 0 Å². The van der Waals surface area contributed by atoms with Gasteiger partial charge >= 0.3 is 5.97 Å². The van der Waals surface area contributed by atoms with Gasteiger partial charge in [0.2, 0.25) is 0 Å². The summed E-state index contributed by atoms with van der Waals surface area (Å²) in [6.45, 7) is 3.65. The molecule has 2 aromatic rings. The van der Waals surface area contributed by atoms with Crippen LogP contribution < -0.4 is 10.6 Å². The molecule has 0 spiro atoms. The first-order chi connectivity index (χ1) is 14.1. The Labute approximate surface area is 186 Å². The van der Waals surface area contributed by atoms with E-state index in [1.165, 1.54) is 17.7 Å². The van der Waals surface area contributed by atoms with Gasteiger partial charge in [0.15, 0.2) is 5.11 Å². The van der Waals surface area contributed by atoms with Crippen molar-refractivity contribution in [3.63, 3.8) is 0 Å². The molecule has 1 aliphatic rings. The van der Waals surface area contributed by atoms with Crippen LogP contribution in [-0.4, -0.2) is 34.0 Å². The number of hydrogen-bond acceptors (Lipinski definition) is 5. The molecule has 0 amide bonds. The number of ether oxygens (including phenoxy) is 1. The fourth-order valence-electron chi connectivity index (χ4n) is 3.48. The number of anilines is 1. The molecule has 0 bridgehead atoms. The average molecular weight is 455 g/mol. The molecule has 0 aliphatic heterocycles. The Hall–Kier alpha value is -1.64. The van der Waals surface area contributed by atoms with Gasteiger partial charge in [0, 0.05) is 24.2 Å². The van der Waals surface area contributed by atoms with E-state index in [1.54, 1.807) is 28.4 Å². The lowest BCUT2D eigenvalue weighted by Gasteiger charge is -2.12. The number of rotatable bonds is 7. The number of hydrogen-bond donors (Lipinski definition) is 2. The topological polar surface area (TPSA) is 68.2 Å². The van der Waals surface area contributed by atoms with Crippen LogP contribution in [0.4, 0.5) is 5.00 Å². The zero-order valence-corrected chi connectivity index (χ0v) is 19.0. The van der Waals surface area contributed by atoms with E-state index in [4.69, 9.17) is 28.6 Å². The van der Waals surface area contributed by atoms with E-state index in [9.17, 15) is 4.79 Å². The summed E-state index contributed by atoms with van der Waals surface area (Å²) in [5.41, 5.74) is 1.82. The van der Waals surface area contributed by atoms with Gasteiger partial charge in [0.25, 0.3) is 0 Å². The maximum atomic E-state index is 12.7. The van der Waals surface area contributed by atoms with Gasteiger partial charge in [-0.3, -0.25) is 4.68 Å². The SMILES string of the molecule is CCOC(=O)c1c(NC(=S)NCCCn2cc(Cl)cn2)sc2c1CCCCCC2. The van der Waals surface area contributed by atoms with E-state index in [1.807, 2.05) is 6.92 Å². The Balaban J connectivity index is 1.62. The van der Waals surface area contributed by atoms with Crippen LogP contribution in [0.5, 0.6) is 0 Å². The Morgan fingerprint density at radius 1 is 1.34 bits per heavy atom. The first-order valence-corrected chi connectivity index (χ1v) is 11.7. The highest BCUT2D eigenvalue weighted by molar-refractivity contribution is 7.80. The van der Waals surface area contributed by atoms with Gasteiger partial charge < -0.3 is 15.4 Å². The summed E-state index contributed by atoms with van der Waals surface area (Å²) in [4.78, 5) is 13.9. The molecular weight excluding hydrogens is 428 g/mol. The molecule has 0 atom stereocenters. The van der Waals surface area contributed by atoms with Crippen LogP contribution in [0.15, 0.2) is 12.4 Å². The Morgan fingerprint density at radius 3 is 2.86 bits per heavy atom. The molecule has 0 radical (unpaired) electrons. The third kappa shape index (κ3) is 6.17. The summed E-state index contributed by atoms with van der Waals surface area (Å²) in [5.74, 6) is -0.258. The van der Waals surface area contributed by atoms with Crippen LogP contribution in [0.25, 0.3) is 0 Å². The van der Waals surface area contributed by atoms with Gasteiger partial charge in [-0.2, -0.15) is 5.10 Å². The van der Waals surface area contributed by atoms with Crippen LogP contribution >= 0.6 is 35.2 Å². The Morgan fingerprint density at radius 2 is 2.14 bits per heavy atom. The summed E-state index contributed by atoms with van der Waals surface area (Å²) in [5, 5.41) is 12.6.